The predicted octanol–water partition coefficient (Wildman–Crippen LogP) is 0.827. The standard InChI is InChI=1S/C11H11N7/c1-16-9-3-2-8(4-7(9)5-12)17-18-10(6-13)11(14)15/h2-4,16-17H,1H3,(H3,14,15)/b18-10+. The van der Waals surface area contributed by atoms with Gasteiger partial charge < -0.3 is 11.1 Å². The summed E-state index contributed by atoms with van der Waals surface area (Å²) in [4.78, 5) is 0. The SMILES string of the molecule is CNc1ccc(N/N=C(\C#N)C(=N)N)cc1C#N. The molecular formula is C11H11N7. The molecule has 0 radical (unpaired) electrons. The Kier molecular flexibility index (Phi) is 4.24. The van der Waals surface area contributed by atoms with Crippen molar-refractivity contribution < 1.29 is 0 Å². The molecule has 0 saturated carbocycles. The lowest BCUT2D eigenvalue weighted by atomic mass is 10.2. The fraction of sp³-hybridized carbons (Fsp3) is 0.0909. The van der Waals surface area contributed by atoms with Crippen molar-refractivity contribution in [1.82, 2.24) is 0 Å². The van der Waals surface area contributed by atoms with Crippen molar-refractivity contribution in [3.63, 3.8) is 0 Å². The van der Waals surface area contributed by atoms with E-state index < -0.39 is 5.84 Å². The molecular weight excluding hydrogens is 230 g/mol. The van der Waals surface area contributed by atoms with E-state index in [-0.39, 0.29) is 5.71 Å². The van der Waals surface area contributed by atoms with Gasteiger partial charge in [0.15, 0.2) is 5.84 Å². The lowest BCUT2D eigenvalue weighted by Gasteiger charge is -2.06. The van der Waals surface area contributed by atoms with Gasteiger partial charge in [-0.05, 0) is 18.2 Å². The van der Waals surface area contributed by atoms with Gasteiger partial charge in [0.2, 0.25) is 5.71 Å². The molecule has 0 spiro atoms. The Balaban J connectivity index is 2.98. The third kappa shape index (κ3) is 2.97. The van der Waals surface area contributed by atoms with Crippen LogP contribution in [-0.2, 0) is 0 Å². The number of nitrogens with two attached hydrogens (primary N) is 1. The van der Waals surface area contributed by atoms with Gasteiger partial charge in [0.25, 0.3) is 0 Å². The zero-order chi connectivity index (χ0) is 13.5. The van der Waals surface area contributed by atoms with Crippen LogP contribution in [0.25, 0.3) is 0 Å². The average Bonchev–Trinajstić information content (AvgIpc) is 2.38. The highest BCUT2D eigenvalue weighted by molar-refractivity contribution is 6.45. The van der Waals surface area contributed by atoms with Crippen LogP contribution in [0.2, 0.25) is 0 Å². The molecule has 0 aliphatic rings. The van der Waals surface area contributed by atoms with Gasteiger partial charge >= 0.3 is 0 Å². The van der Waals surface area contributed by atoms with Gasteiger partial charge in [-0.2, -0.15) is 15.6 Å². The summed E-state index contributed by atoms with van der Waals surface area (Å²) < 4.78 is 0. The van der Waals surface area contributed by atoms with Crippen LogP contribution in [-0.4, -0.2) is 18.6 Å². The molecule has 0 aliphatic heterocycles. The predicted molar refractivity (Wildman–Crippen MR) is 69.3 cm³/mol. The molecule has 7 nitrogen and oxygen atoms in total. The molecule has 18 heavy (non-hydrogen) atoms. The minimum absolute atomic E-state index is 0.216. The first-order valence-electron chi connectivity index (χ1n) is 4.92. The van der Waals surface area contributed by atoms with E-state index in [4.69, 9.17) is 21.7 Å². The van der Waals surface area contributed by atoms with E-state index in [2.05, 4.69) is 15.8 Å². The number of nitrogens with one attached hydrogen (secondary N) is 3. The van der Waals surface area contributed by atoms with E-state index in [1.807, 2.05) is 6.07 Å². The molecule has 90 valence electrons. The van der Waals surface area contributed by atoms with Crippen molar-refractivity contribution in [3.05, 3.63) is 23.8 Å². The number of nitrogens with zero attached hydrogens (tertiary/aromatic N) is 3. The van der Waals surface area contributed by atoms with Crippen LogP contribution in [0.3, 0.4) is 0 Å². The maximum Gasteiger partial charge on any atom is 0.201 e. The molecule has 1 rings (SSSR count). The van der Waals surface area contributed by atoms with E-state index in [1.54, 1.807) is 31.3 Å². The van der Waals surface area contributed by atoms with Gasteiger partial charge in [-0.3, -0.25) is 10.8 Å². The van der Waals surface area contributed by atoms with Crippen molar-refractivity contribution in [3.8, 4) is 12.1 Å². The molecule has 0 atom stereocenters. The van der Waals surface area contributed by atoms with Crippen molar-refractivity contribution in [2.75, 3.05) is 17.8 Å². The summed E-state index contributed by atoms with van der Waals surface area (Å²) in [5.41, 5.74) is 9.16. The second-order valence-electron chi connectivity index (χ2n) is 3.22. The van der Waals surface area contributed by atoms with Gasteiger partial charge in [0.05, 0.1) is 16.9 Å². The Bertz CT molecular complexity index is 574. The van der Waals surface area contributed by atoms with Crippen LogP contribution < -0.4 is 16.5 Å². The number of rotatable bonds is 4. The van der Waals surface area contributed by atoms with Crippen molar-refractivity contribution >= 4 is 22.9 Å². The highest BCUT2D eigenvalue weighted by Gasteiger charge is 2.03. The van der Waals surface area contributed by atoms with E-state index in [1.165, 1.54) is 0 Å². The van der Waals surface area contributed by atoms with E-state index in [0.29, 0.717) is 16.9 Å². The zero-order valence-electron chi connectivity index (χ0n) is 9.65. The monoisotopic (exact) mass is 241 g/mol. The van der Waals surface area contributed by atoms with E-state index in [0.717, 1.165) is 0 Å². The highest BCUT2D eigenvalue weighted by Crippen LogP contribution is 2.19. The van der Waals surface area contributed by atoms with Gasteiger partial charge in [-0.15, -0.1) is 0 Å². The number of hydrazone groups is 1. The number of amidine groups is 1. The summed E-state index contributed by atoms with van der Waals surface area (Å²) in [7, 11) is 1.71. The van der Waals surface area contributed by atoms with E-state index in [9.17, 15) is 0 Å². The fourth-order valence-corrected chi connectivity index (χ4v) is 1.19. The third-order valence-electron chi connectivity index (χ3n) is 2.07. The van der Waals surface area contributed by atoms with Gasteiger partial charge in [-0.1, -0.05) is 0 Å². The van der Waals surface area contributed by atoms with Gasteiger partial charge in [-0.25, -0.2) is 0 Å². The summed E-state index contributed by atoms with van der Waals surface area (Å²) in [5, 5.41) is 31.2. The first-order valence-corrected chi connectivity index (χ1v) is 4.92. The lowest BCUT2D eigenvalue weighted by molar-refractivity contribution is 1.32. The topological polar surface area (TPSA) is 134 Å². The normalized spacial score (nSPS) is 10.1. The molecule has 0 aromatic heterocycles. The molecule has 0 amide bonds. The number of anilines is 2. The first kappa shape index (κ1) is 13.0. The molecule has 7 heteroatoms. The largest absolute Gasteiger partial charge is 0.387 e. The molecule has 0 bridgehead atoms. The zero-order valence-corrected chi connectivity index (χ0v) is 9.65. The molecule has 5 N–H and O–H groups in total. The molecule has 0 heterocycles. The summed E-state index contributed by atoms with van der Waals surface area (Å²) >= 11 is 0. The maximum absolute atomic E-state index is 8.93. The van der Waals surface area contributed by atoms with Crippen LogP contribution in [0.15, 0.2) is 23.3 Å². The Morgan fingerprint density at radius 2 is 2.17 bits per heavy atom. The number of hydrogen-bond donors (Lipinski definition) is 4. The molecule has 1 aromatic carbocycles. The summed E-state index contributed by atoms with van der Waals surface area (Å²) in [6.45, 7) is 0. The average molecular weight is 241 g/mol. The van der Waals surface area contributed by atoms with Gasteiger partial charge in [0, 0.05) is 7.05 Å². The van der Waals surface area contributed by atoms with Crippen LogP contribution >= 0.6 is 0 Å². The maximum atomic E-state index is 8.93. The second-order valence-corrected chi connectivity index (χ2v) is 3.22. The summed E-state index contributed by atoms with van der Waals surface area (Å²) in [6.07, 6.45) is 0. The van der Waals surface area contributed by atoms with Crippen molar-refractivity contribution in [2.45, 2.75) is 0 Å². The van der Waals surface area contributed by atoms with E-state index >= 15 is 0 Å². The molecule has 0 aliphatic carbocycles. The molecule has 1 aromatic rings. The number of nitriles is 2. The Morgan fingerprint density at radius 3 is 2.67 bits per heavy atom. The minimum Gasteiger partial charge on any atom is -0.387 e. The third-order valence-corrected chi connectivity index (χ3v) is 2.07. The molecule has 0 fully saturated rings. The quantitative estimate of drug-likeness (QED) is 0.352. The fourth-order valence-electron chi connectivity index (χ4n) is 1.19. The lowest BCUT2D eigenvalue weighted by Crippen LogP contribution is -2.21. The van der Waals surface area contributed by atoms with Gasteiger partial charge in [0.1, 0.15) is 12.1 Å². The summed E-state index contributed by atoms with van der Waals surface area (Å²) in [5.74, 6) is -0.419. The summed E-state index contributed by atoms with van der Waals surface area (Å²) in [6, 6.07) is 8.68. The minimum atomic E-state index is -0.419. The van der Waals surface area contributed by atoms with Crippen molar-refractivity contribution in [1.29, 1.82) is 15.9 Å². The molecule has 0 saturated heterocycles. The Morgan fingerprint density at radius 1 is 1.44 bits per heavy atom. The van der Waals surface area contributed by atoms with Crippen molar-refractivity contribution in [2.24, 2.45) is 10.8 Å². The molecule has 0 unspecified atom stereocenters. The Labute approximate surface area is 104 Å². The Hall–Kier alpha value is -3.06. The van der Waals surface area contributed by atoms with Crippen LogP contribution in [0.1, 0.15) is 5.56 Å². The van der Waals surface area contributed by atoms with Crippen LogP contribution in [0, 0.1) is 28.1 Å². The smallest absolute Gasteiger partial charge is 0.201 e. The number of hydrogen-bond acceptors (Lipinski definition) is 6. The number of benzene rings is 1. The highest BCUT2D eigenvalue weighted by atomic mass is 15.3. The van der Waals surface area contributed by atoms with Crippen LogP contribution in [0.5, 0.6) is 0 Å². The van der Waals surface area contributed by atoms with Crippen LogP contribution in [0.4, 0.5) is 11.4 Å². The second kappa shape index (κ2) is 5.87. The first-order chi connectivity index (χ1) is 8.62.